The summed E-state index contributed by atoms with van der Waals surface area (Å²) in [5.74, 6) is -0.325. The van der Waals surface area contributed by atoms with Crippen LogP contribution in [0.1, 0.15) is 40.5 Å². The third-order valence-electron chi connectivity index (χ3n) is 7.91. The summed E-state index contributed by atoms with van der Waals surface area (Å²) < 4.78 is 26.1. The van der Waals surface area contributed by atoms with E-state index in [9.17, 15) is 9.59 Å². The molecule has 214 valence electrons. The van der Waals surface area contributed by atoms with Crippen molar-refractivity contribution in [3.8, 4) is 16.9 Å². The zero-order valence-corrected chi connectivity index (χ0v) is 22.6. The van der Waals surface area contributed by atoms with Crippen molar-refractivity contribution < 1.29 is 13.9 Å². The molecule has 0 bridgehead atoms. The van der Waals surface area contributed by atoms with Gasteiger partial charge >= 0.3 is 0 Å². The fraction of sp³-hybridized carbons (Fsp3) is 0.276. The molecule has 12 nitrogen and oxygen atoms in total. The molecule has 0 spiro atoms. The largest absolute Gasteiger partial charge is 0.382 e. The van der Waals surface area contributed by atoms with E-state index in [1.54, 1.807) is 45.7 Å². The van der Waals surface area contributed by atoms with Gasteiger partial charge in [-0.3, -0.25) is 14.3 Å². The number of benzene rings is 1. The molecule has 5 aromatic rings. The van der Waals surface area contributed by atoms with Crippen molar-refractivity contribution in [3.05, 3.63) is 88.1 Å². The summed E-state index contributed by atoms with van der Waals surface area (Å²) in [7, 11) is 0. The van der Waals surface area contributed by atoms with E-state index >= 15 is 4.39 Å². The quantitative estimate of drug-likeness (QED) is 0.293. The van der Waals surface area contributed by atoms with Crippen LogP contribution in [-0.2, 0) is 17.9 Å². The van der Waals surface area contributed by atoms with Gasteiger partial charge in [0.05, 0.1) is 25.5 Å². The number of hydrogen-bond donors (Lipinski definition) is 3. The molecule has 6 heterocycles. The molecule has 13 heteroatoms. The standard InChI is InChI=1S/C29H28FN9O3/c30-21-13-18(36-28(40)25-23-15-42-12-11-37(23)39(29(25)41)24-3-1-2-8-33-24)4-5-19(21)20-14-22(17-6-9-32-10-7-17)38-26(20)27(31)34-16-35-38/h1-5,8,13-14,16-17,32H,6-7,9-12,15H2,(H,36,40)(H2,31,34,35). The number of nitrogens with one attached hydrogen (secondary N) is 2. The zero-order chi connectivity index (χ0) is 28.8. The molecule has 1 saturated heterocycles. The van der Waals surface area contributed by atoms with Gasteiger partial charge in [0.1, 0.15) is 23.2 Å². The minimum absolute atomic E-state index is 0.0696. The normalized spacial score (nSPS) is 15.5. The summed E-state index contributed by atoms with van der Waals surface area (Å²) in [4.78, 5) is 35.3. The highest BCUT2D eigenvalue weighted by atomic mass is 19.1. The number of piperidine rings is 1. The lowest BCUT2D eigenvalue weighted by molar-refractivity contribution is 0.0755. The van der Waals surface area contributed by atoms with E-state index in [0.29, 0.717) is 41.3 Å². The van der Waals surface area contributed by atoms with Gasteiger partial charge in [-0.05, 0) is 62.3 Å². The molecule has 1 amide bonds. The highest BCUT2D eigenvalue weighted by molar-refractivity contribution is 6.05. The topological polar surface area (TPSA) is 146 Å². The van der Waals surface area contributed by atoms with Gasteiger partial charge in [0.2, 0.25) is 0 Å². The zero-order valence-electron chi connectivity index (χ0n) is 22.6. The Morgan fingerprint density at radius 2 is 1.98 bits per heavy atom. The smallest absolute Gasteiger partial charge is 0.286 e. The Morgan fingerprint density at radius 3 is 2.76 bits per heavy atom. The number of anilines is 2. The molecule has 0 atom stereocenters. The van der Waals surface area contributed by atoms with E-state index < -0.39 is 17.3 Å². The average Bonchev–Trinajstić information content (AvgIpc) is 3.54. The van der Waals surface area contributed by atoms with Gasteiger partial charge < -0.3 is 21.1 Å². The summed E-state index contributed by atoms with van der Waals surface area (Å²) in [6, 6.07) is 11.6. The van der Waals surface area contributed by atoms with E-state index in [4.69, 9.17) is 10.5 Å². The highest BCUT2D eigenvalue weighted by Crippen LogP contribution is 2.37. The number of carbonyl (C=O) groups is 1. The van der Waals surface area contributed by atoms with Crippen LogP contribution in [0.4, 0.5) is 15.9 Å². The van der Waals surface area contributed by atoms with Gasteiger partial charge in [-0.15, -0.1) is 0 Å². The molecule has 4 aromatic heterocycles. The van der Waals surface area contributed by atoms with Crippen LogP contribution >= 0.6 is 0 Å². The van der Waals surface area contributed by atoms with Gasteiger partial charge in [-0.2, -0.15) is 9.78 Å². The average molecular weight is 570 g/mol. The van der Waals surface area contributed by atoms with Crippen molar-refractivity contribution in [2.24, 2.45) is 0 Å². The summed E-state index contributed by atoms with van der Waals surface area (Å²) in [5.41, 5.74) is 8.67. The summed E-state index contributed by atoms with van der Waals surface area (Å²) >= 11 is 0. The molecular formula is C29H28FN9O3. The second kappa shape index (κ2) is 10.5. The molecule has 1 aromatic carbocycles. The van der Waals surface area contributed by atoms with E-state index in [1.165, 1.54) is 17.1 Å². The van der Waals surface area contributed by atoms with Gasteiger partial charge in [0, 0.05) is 34.6 Å². The van der Waals surface area contributed by atoms with Crippen LogP contribution in [0.15, 0.2) is 59.8 Å². The first kappa shape index (κ1) is 26.0. The second-order valence-electron chi connectivity index (χ2n) is 10.4. The van der Waals surface area contributed by atoms with Crippen molar-refractivity contribution in [1.82, 2.24) is 34.3 Å². The third-order valence-corrected chi connectivity index (χ3v) is 7.91. The van der Waals surface area contributed by atoms with Gasteiger partial charge in [-0.1, -0.05) is 6.07 Å². The number of ether oxygens (including phenoxy) is 1. The van der Waals surface area contributed by atoms with Gasteiger partial charge in [0.15, 0.2) is 11.6 Å². The third kappa shape index (κ3) is 4.33. The Bertz CT molecular complexity index is 1870. The Hall–Kier alpha value is -4.88. The number of fused-ring (bicyclic) bond motifs is 2. The predicted octanol–water partition coefficient (Wildman–Crippen LogP) is 2.71. The number of nitrogens with two attached hydrogens (primary N) is 1. The fourth-order valence-electron chi connectivity index (χ4n) is 5.94. The minimum atomic E-state index is -0.656. The number of carbonyl (C=O) groups excluding carboxylic acids is 1. The molecule has 4 N–H and O–H groups in total. The van der Waals surface area contributed by atoms with Crippen molar-refractivity contribution in [3.63, 3.8) is 0 Å². The van der Waals surface area contributed by atoms with Crippen LogP contribution in [0.2, 0.25) is 0 Å². The van der Waals surface area contributed by atoms with Crippen LogP contribution in [0, 0.1) is 5.82 Å². The maximum Gasteiger partial charge on any atom is 0.286 e. The van der Waals surface area contributed by atoms with Gasteiger partial charge in [0.25, 0.3) is 11.5 Å². The van der Waals surface area contributed by atoms with E-state index in [0.717, 1.165) is 31.6 Å². The van der Waals surface area contributed by atoms with Crippen LogP contribution in [-0.4, -0.2) is 54.5 Å². The summed E-state index contributed by atoms with van der Waals surface area (Å²) in [5, 5.41) is 10.5. The van der Waals surface area contributed by atoms with Crippen molar-refractivity contribution in [2.45, 2.75) is 31.9 Å². The van der Waals surface area contributed by atoms with Crippen LogP contribution in [0.3, 0.4) is 0 Å². The highest BCUT2D eigenvalue weighted by Gasteiger charge is 2.29. The molecule has 0 radical (unpaired) electrons. The molecule has 0 unspecified atom stereocenters. The number of nitrogens with zero attached hydrogens (tertiary/aromatic N) is 6. The first-order valence-corrected chi connectivity index (χ1v) is 13.8. The molecular weight excluding hydrogens is 541 g/mol. The SMILES string of the molecule is Nc1ncnn2c(C3CCNCC3)cc(-c3ccc(NC(=O)c4c5n(n(-c6ccccn6)c4=O)CCOC5)cc3F)c12. The maximum atomic E-state index is 15.7. The fourth-order valence-corrected chi connectivity index (χ4v) is 5.94. The van der Waals surface area contributed by atoms with Crippen molar-refractivity contribution in [2.75, 3.05) is 30.7 Å². The van der Waals surface area contributed by atoms with Crippen LogP contribution in [0.5, 0.6) is 0 Å². The lowest BCUT2D eigenvalue weighted by Gasteiger charge is -2.22. The monoisotopic (exact) mass is 569 g/mol. The number of pyridine rings is 1. The predicted molar refractivity (Wildman–Crippen MR) is 153 cm³/mol. The number of rotatable bonds is 5. The first-order chi connectivity index (χ1) is 20.5. The molecule has 0 saturated carbocycles. The van der Waals surface area contributed by atoms with E-state index in [1.807, 2.05) is 6.07 Å². The number of halogens is 1. The number of amides is 1. The second-order valence-corrected chi connectivity index (χ2v) is 10.4. The first-order valence-electron chi connectivity index (χ1n) is 13.8. The molecule has 0 aliphatic carbocycles. The minimum Gasteiger partial charge on any atom is -0.382 e. The van der Waals surface area contributed by atoms with Crippen molar-refractivity contribution >= 4 is 22.9 Å². The summed E-state index contributed by atoms with van der Waals surface area (Å²) in [6.07, 6.45) is 4.84. The molecule has 2 aliphatic rings. The molecule has 1 fully saturated rings. The van der Waals surface area contributed by atoms with Crippen molar-refractivity contribution in [1.29, 1.82) is 0 Å². The Labute approximate surface area is 238 Å². The lowest BCUT2D eigenvalue weighted by atomic mass is 9.94. The van der Waals surface area contributed by atoms with E-state index in [2.05, 4.69) is 25.7 Å². The lowest BCUT2D eigenvalue weighted by Crippen LogP contribution is -2.27. The Kier molecular flexibility index (Phi) is 6.52. The maximum absolute atomic E-state index is 15.7. The van der Waals surface area contributed by atoms with Crippen LogP contribution < -0.4 is 21.9 Å². The van der Waals surface area contributed by atoms with Crippen LogP contribution in [0.25, 0.3) is 22.5 Å². The molecule has 42 heavy (non-hydrogen) atoms. The van der Waals surface area contributed by atoms with E-state index in [-0.39, 0.29) is 29.6 Å². The summed E-state index contributed by atoms with van der Waals surface area (Å²) in [6.45, 7) is 2.65. The Balaban J connectivity index is 1.23. The molecule has 7 rings (SSSR count). The number of nitrogen functional groups attached to an aromatic ring is 1. The number of hydrogen-bond acceptors (Lipinski definition) is 8. The molecule has 2 aliphatic heterocycles. The number of aromatic nitrogens is 6. The van der Waals surface area contributed by atoms with Gasteiger partial charge in [-0.25, -0.2) is 18.9 Å². The Morgan fingerprint density at radius 1 is 1.12 bits per heavy atom.